The number of ether oxygens (including phenoxy) is 2. The third-order valence-corrected chi connectivity index (χ3v) is 4.93. The molecule has 8 nitrogen and oxygen atoms in total. The molecule has 0 fully saturated rings. The van der Waals surface area contributed by atoms with Gasteiger partial charge in [0.25, 0.3) is 5.56 Å². The van der Waals surface area contributed by atoms with Crippen LogP contribution in [0.4, 0.5) is 4.39 Å². The Labute approximate surface area is 170 Å². The monoisotopic (exact) mass is 414 g/mol. The maximum absolute atomic E-state index is 13.2. The highest BCUT2D eigenvalue weighted by molar-refractivity contribution is 6.00. The second-order valence-corrected chi connectivity index (χ2v) is 6.90. The van der Waals surface area contributed by atoms with Crippen molar-refractivity contribution in [3.8, 4) is 11.5 Å². The molecule has 1 aromatic carbocycles. The number of esters is 1. The van der Waals surface area contributed by atoms with E-state index in [0.29, 0.717) is 12.0 Å². The van der Waals surface area contributed by atoms with Crippen molar-refractivity contribution in [1.29, 1.82) is 0 Å². The van der Waals surface area contributed by atoms with Crippen molar-refractivity contribution >= 4 is 17.0 Å². The first-order valence-electron chi connectivity index (χ1n) is 9.41. The summed E-state index contributed by atoms with van der Waals surface area (Å²) in [7, 11) is 0. The van der Waals surface area contributed by atoms with Crippen molar-refractivity contribution < 1.29 is 28.9 Å². The van der Waals surface area contributed by atoms with E-state index in [1.807, 2.05) is 0 Å². The number of nitrogens with zero attached hydrogens (tertiary/aromatic N) is 2. The molecule has 0 saturated carbocycles. The van der Waals surface area contributed by atoms with E-state index < -0.39 is 28.9 Å². The predicted molar refractivity (Wildman–Crippen MR) is 104 cm³/mol. The van der Waals surface area contributed by atoms with Crippen molar-refractivity contribution in [2.24, 2.45) is 0 Å². The summed E-state index contributed by atoms with van der Waals surface area (Å²) in [6.07, 6.45) is 1.06. The average molecular weight is 414 g/mol. The lowest BCUT2D eigenvalue weighted by Crippen LogP contribution is -2.39. The van der Waals surface area contributed by atoms with E-state index in [9.17, 15) is 24.2 Å². The highest BCUT2D eigenvalue weighted by Crippen LogP contribution is 2.37. The summed E-state index contributed by atoms with van der Waals surface area (Å²) in [5.74, 6) is -1.61. The number of aromatic nitrogens is 2. The number of pyridine rings is 2. The van der Waals surface area contributed by atoms with Gasteiger partial charge in [0.15, 0.2) is 17.1 Å². The molecule has 0 amide bonds. The van der Waals surface area contributed by atoms with Crippen LogP contribution in [0, 0.1) is 5.82 Å². The number of halogens is 1. The van der Waals surface area contributed by atoms with Crippen LogP contribution in [0.2, 0.25) is 0 Å². The standard InChI is InChI=1S/C21H19FN2O6/c1-2-29-21(28)15-18(26)16-17-19(30-14(10-25)9-24(17)20(15)27)12(8-23-16)7-11-3-5-13(22)6-4-11/h3-6,8,14,25-26H,2,7,9-10H2,1H3/t14-/m1/s1. The largest absolute Gasteiger partial charge is 0.505 e. The summed E-state index contributed by atoms with van der Waals surface area (Å²) in [6.45, 7) is 1.24. The molecular formula is C21H19FN2O6. The number of carbonyl (C=O) groups is 1. The zero-order valence-corrected chi connectivity index (χ0v) is 16.1. The fourth-order valence-corrected chi connectivity index (χ4v) is 3.55. The molecule has 1 aliphatic rings. The average Bonchev–Trinajstić information content (AvgIpc) is 2.74. The number of benzene rings is 1. The summed E-state index contributed by atoms with van der Waals surface area (Å²) in [5.41, 5.74) is 0.366. The van der Waals surface area contributed by atoms with Gasteiger partial charge in [0.2, 0.25) is 0 Å². The number of hydrogen-bond donors (Lipinski definition) is 2. The number of rotatable bonds is 5. The zero-order chi connectivity index (χ0) is 21.4. The minimum absolute atomic E-state index is 0.0203. The van der Waals surface area contributed by atoms with Crippen LogP contribution in [0.1, 0.15) is 28.4 Å². The van der Waals surface area contributed by atoms with Gasteiger partial charge in [-0.05, 0) is 24.6 Å². The molecule has 2 aromatic heterocycles. The quantitative estimate of drug-likeness (QED) is 0.612. The summed E-state index contributed by atoms with van der Waals surface area (Å²) in [5, 5.41) is 20.3. The van der Waals surface area contributed by atoms with Gasteiger partial charge in [-0.3, -0.25) is 14.3 Å². The van der Waals surface area contributed by atoms with Gasteiger partial charge < -0.3 is 19.7 Å². The molecule has 0 bridgehead atoms. The molecule has 0 unspecified atom stereocenters. The van der Waals surface area contributed by atoms with E-state index in [2.05, 4.69) is 4.98 Å². The molecule has 9 heteroatoms. The minimum atomic E-state index is -0.948. The molecule has 30 heavy (non-hydrogen) atoms. The maximum Gasteiger partial charge on any atom is 0.347 e. The van der Waals surface area contributed by atoms with E-state index in [0.717, 1.165) is 5.56 Å². The van der Waals surface area contributed by atoms with Crippen LogP contribution >= 0.6 is 0 Å². The lowest BCUT2D eigenvalue weighted by atomic mass is 10.0. The molecule has 1 atom stereocenters. The van der Waals surface area contributed by atoms with Crippen LogP contribution in [-0.4, -0.2) is 45.1 Å². The van der Waals surface area contributed by atoms with E-state index in [1.54, 1.807) is 19.1 Å². The smallest absolute Gasteiger partial charge is 0.347 e. The highest BCUT2D eigenvalue weighted by Gasteiger charge is 2.31. The van der Waals surface area contributed by atoms with E-state index in [-0.39, 0.29) is 42.4 Å². The normalized spacial score (nSPS) is 15.1. The summed E-state index contributed by atoms with van der Waals surface area (Å²) in [4.78, 5) is 29.5. The first kappa shape index (κ1) is 19.8. The van der Waals surface area contributed by atoms with Gasteiger partial charge in [-0.2, -0.15) is 0 Å². The second kappa shape index (κ2) is 7.75. The van der Waals surface area contributed by atoms with Gasteiger partial charge in [0, 0.05) is 18.2 Å². The first-order valence-corrected chi connectivity index (χ1v) is 9.41. The topological polar surface area (TPSA) is 111 Å². The Morgan fingerprint density at radius 2 is 2.10 bits per heavy atom. The van der Waals surface area contributed by atoms with E-state index >= 15 is 0 Å². The number of aliphatic hydroxyl groups excluding tert-OH is 1. The van der Waals surface area contributed by atoms with Gasteiger partial charge in [-0.25, -0.2) is 9.18 Å². The molecule has 0 radical (unpaired) electrons. The van der Waals surface area contributed by atoms with Crippen LogP contribution in [0.5, 0.6) is 11.5 Å². The Kier molecular flexibility index (Phi) is 5.13. The van der Waals surface area contributed by atoms with E-state index in [1.165, 1.54) is 22.9 Å². The molecule has 0 spiro atoms. The zero-order valence-electron chi connectivity index (χ0n) is 16.1. The maximum atomic E-state index is 13.2. The third-order valence-electron chi connectivity index (χ3n) is 4.93. The fraction of sp³-hybridized carbons (Fsp3) is 0.286. The molecular weight excluding hydrogens is 395 g/mol. The Morgan fingerprint density at radius 1 is 1.37 bits per heavy atom. The lowest BCUT2D eigenvalue weighted by Gasteiger charge is -2.28. The van der Waals surface area contributed by atoms with Crippen LogP contribution in [-0.2, 0) is 17.7 Å². The van der Waals surface area contributed by atoms with Crippen molar-refractivity contribution in [2.45, 2.75) is 26.0 Å². The Morgan fingerprint density at radius 3 is 2.77 bits per heavy atom. The molecule has 1 aliphatic heterocycles. The Bertz CT molecular complexity index is 1190. The highest BCUT2D eigenvalue weighted by atomic mass is 19.1. The van der Waals surface area contributed by atoms with Crippen molar-refractivity contribution in [3.05, 3.63) is 63.3 Å². The number of aliphatic hydroxyl groups is 1. The summed E-state index contributed by atoms with van der Waals surface area (Å²) < 4.78 is 25.3. The summed E-state index contributed by atoms with van der Waals surface area (Å²) >= 11 is 0. The van der Waals surface area contributed by atoms with Gasteiger partial charge in [-0.15, -0.1) is 0 Å². The fourth-order valence-electron chi connectivity index (χ4n) is 3.55. The minimum Gasteiger partial charge on any atom is -0.505 e. The molecule has 3 heterocycles. The van der Waals surface area contributed by atoms with Crippen molar-refractivity contribution in [1.82, 2.24) is 9.55 Å². The Balaban J connectivity index is 1.94. The molecule has 2 N–H and O–H groups in total. The van der Waals surface area contributed by atoms with Crippen LogP contribution < -0.4 is 10.3 Å². The van der Waals surface area contributed by atoms with Gasteiger partial charge >= 0.3 is 5.97 Å². The first-order chi connectivity index (χ1) is 14.4. The van der Waals surface area contributed by atoms with Crippen LogP contribution in [0.15, 0.2) is 35.3 Å². The molecule has 0 saturated heterocycles. The number of carbonyl (C=O) groups excluding carboxylic acids is 1. The Hall–Kier alpha value is -3.46. The van der Waals surface area contributed by atoms with Gasteiger partial charge in [0.1, 0.15) is 23.0 Å². The van der Waals surface area contributed by atoms with Crippen molar-refractivity contribution in [2.75, 3.05) is 13.2 Å². The molecule has 3 aromatic rings. The van der Waals surface area contributed by atoms with Gasteiger partial charge in [-0.1, -0.05) is 12.1 Å². The molecule has 156 valence electrons. The third kappa shape index (κ3) is 3.26. The van der Waals surface area contributed by atoms with Crippen LogP contribution in [0.3, 0.4) is 0 Å². The predicted octanol–water partition coefficient (Wildman–Crippen LogP) is 1.76. The second-order valence-electron chi connectivity index (χ2n) is 6.90. The van der Waals surface area contributed by atoms with E-state index in [4.69, 9.17) is 9.47 Å². The van der Waals surface area contributed by atoms with Crippen molar-refractivity contribution in [3.63, 3.8) is 0 Å². The lowest BCUT2D eigenvalue weighted by molar-refractivity contribution is 0.0518. The van der Waals surface area contributed by atoms with Crippen LogP contribution in [0.25, 0.3) is 11.0 Å². The molecule has 0 aliphatic carbocycles. The number of hydrogen-bond acceptors (Lipinski definition) is 7. The SMILES string of the molecule is CCOC(=O)c1c(O)c2ncc(Cc3ccc(F)cc3)c3c2n(c1=O)C[C@H](CO)O3. The summed E-state index contributed by atoms with van der Waals surface area (Å²) in [6, 6.07) is 5.90. The van der Waals surface area contributed by atoms with Gasteiger partial charge in [0.05, 0.1) is 19.8 Å². The number of aromatic hydroxyl groups is 1. The molecule has 4 rings (SSSR count).